The highest BCUT2D eigenvalue weighted by Crippen LogP contribution is 2.33. The molecular weight excluding hydrogens is 288 g/mol. The minimum atomic E-state index is -0.360. The van der Waals surface area contributed by atoms with Crippen molar-refractivity contribution in [1.82, 2.24) is 0 Å². The molecule has 0 saturated heterocycles. The van der Waals surface area contributed by atoms with Crippen molar-refractivity contribution in [3.63, 3.8) is 0 Å². The van der Waals surface area contributed by atoms with Gasteiger partial charge in [-0.2, -0.15) is 0 Å². The maximum Gasteiger partial charge on any atom is 0.199 e. The molecule has 2 heterocycles. The summed E-state index contributed by atoms with van der Waals surface area (Å²) in [6.07, 6.45) is 4.59. The van der Waals surface area contributed by atoms with Gasteiger partial charge >= 0.3 is 0 Å². The van der Waals surface area contributed by atoms with Crippen molar-refractivity contribution >= 4 is 11.8 Å². The van der Waals surface area contributed by atoms with Crippen LogP contribution >= 0.6 is 0 Å². The molecule has 0 saturated carbocycles. The Morgan fingerprint density at radius 3 is 1.48 bits per heavy atom. The van der Waals surface area contributed by atoms with Crippen LogP contribution in [-0.4, -0.2) is 37.1 Å². The Morgan fingerprint density at radius 2 is 1.17 bits per heavy atom. The quantitative estimate of drug-likeness (QED) is 0.661. The van der Waals surface area contributed by atoms with Gasteiger partial charge in [0, 0.05) is 0 Å². The molecule has 132 valence electrons. The van der Waals surface area contributed by atoms with E-state index in [0.29, 0.717) is 25.0 Å². The lowest BCUT2D eigenvalue weighted by atomic mass is 9.92. The van der Waals surface area contributed by atoms with Crippen LogP contribution in [0.4, 0.5) is 0 Å². The second-order valence-electron chi connectivity index (χ2n) is 7.40. The average Bonchev–Trinajstić information content (AvgIpc) is 3.20. The topological polar surface area (TPSA) is 43.2 Å². The van der Waals surface area contributed by atoms with Gasteiger partial charge in [0.1, 0.15) is 18.6 Å². The molecule has 0 radical (unpaired) electrons. The van der Waals surface area contributed by atoms with Gasteiger partial charge in [0.15, 0.2) is 11.8 Å². The summed E-state index contributed by atoms with van der Waals surface area (Å²) in [6, 6.07) is 0.576. The Kier molecular flexibility index (Phi) is 6.10. The molecule has 0 fully saturated rings. The lowest BCUT2D eigenvalue weighted by molar-refractivity contribution is 0.237. The van der Waals surface area contributed by atoms with Gasteiger partial charge < -0.3 is 9.47 Å². The second-order valence-corrected chi connectivity index (χ2v) is 7.40. The van der Waals surface area contributed by atoms with Crippen LogP contribution in [0.3, 0.4) is 0 Å². The van der Waals surface area contributed by atoms with Crippen LogP contribution in [0.5, 0.6) is 0 Å². The third-order valence-corrected chi connectivity index (χ3v) is 5.60. The molecule has 2 unspecified atom stereocenters. The molecule has 2 rings (SSSR count). The third kappa shape index (κ3) is 3.72. The van der Waals surface area contributed by atoms with Gasteiger partial charge in [-0.05, 0) is 25.7 Å². The summed E-state index contributed by atoms with van der Waals surface area (Å²) in [5, 5.41) is 0. The smallest absolute Gasteiger partial charge is 0.199 e. The Hall–Kier alpha value is -1.06. The molecule has 0 bridgehead atoms. The fraction of sp³-hybridized carbons (Fsp3) is 0.895. The van der Waals surface area contributed by atoms with Gasteiger partial charge in [0.05, 0.1) is 12.1 Å². The lowest BCUT2D eigenvalue weighted by Crippen LogP contribution is -2.34. The minimum absolute atomic E-state index is 0.288. The predicted octanol–water partition coefficient (Wildman–Crippen LogP) is 4.48. The van der Waals surface area contributed by atoms with Crippen LogP contribution in [0.25, 0.3) is 0 Å². The SMILES string of the molecule is CCC(CC)C1COC(C(C)(C)C2=NC(C(CC)CC)CO2)=N1. The van der Waals surface area contributed by atoms with Gasteiger partial charge in [0.25, 0.3) is 0 Å². The Balaban J connectivity index is 2.13. The Labute approximate surface area is 141 Å². The zero-order valence-electron chi connectivity index (χ0n) is 15.8. The first-order valence-electron chi connectivity index (χ1n) is 9.39. The normalized spacial score (nSPS) is 24.7. The largest absolute Gasteiger partial charge is 0.478 e. The van der Waals surface area contributed by atoms with Gasteiger partial charge in [0.2, 0.25) is 0 Å². The number of ether oxygens (including phenoxy) is 2. The van der Waals surface area contributed by atoms with Gasteiger partial charge in [-0.1, -0.05) is 53.4 Å². The van der Waals surface area contributed by atoms with Gasteiger partial charge in [-0.25, -0.2) is 9.98 Å². The molecule has 2 atom stereocenters. The van der Waals surface area contributed by atoms with E-state index < -0.39 is 0 Å². The van der Waals surface area contributed by atoms with Crippen LogP contribution in [0.2, 0.25) is 0 Å². The first kappa shape index (κ1) is 18.3. The first-order valence-corrected chi connectivity index (χ1v) is 9.39. The highest BCUT2D eigenvalue weighted by Gasteiger charge is 2.42. The standard InChI is InChI=1S/C19H34N2O2/c1-7-13(8-2)15-11-22-17(20-15)19(5,6)18-21-16(12-23-18)14(9-3)10-4/h13-16H,7-12H2,1-6H3. The first-order chi connectivity index (χ1) is 11.0. The van der Waals surface area contributed by atoms with Crippen LogP contribution in [-0.2, 0) is 9.47 Å². The molecule has 2 aliphatic rings. The average molecular weight is 322 g/mol. The fourth-order valence-corrected chi connectivity index (χ4v) is 3.70. The van der Waals surface area contributed by atoms with Crippen molar-refractivity contribution in [3.05, 3.63) is 0 Å². The summed E-state index contributed by atoms with van der Waals surface area (Å²) in [5.41, 5.74) is -0.360. The van der Waals surface area contributed by atoms with E-state index in [0.717, 1.165) is 37.5 Å². The summed E-state index contributed by atoms with van der Waals surface area (Å²) in [4.78, 5) is 9.78. The van der Waals surface area contributed by atoms with E-state index in [9.17, 15) is 0 Å². The van der Waals surface area contributed by atoms with E-state index in [-0.39, 0.29) is 17.5 Å². The van der Waals surface area contributed by atoms with Crippen LogP contribution in [0.15, 0.2) is 9.98 Å². The maximum atomic E-state index is 5.96. The van der Waals surface area contributed by atoms with Gasteiger partial charge in [-0.3, -0.25) is 0 Å². The molecule has 0 aromatic heterocycles. The molecule has 0 spiro atoms. The summed E-state index contributed by atoms with van der Waals surface area (Å²) in [6.45, 7) is 14.6. The van der Waals surface area contributed by atoms with Crippen molar-refractivity contribution in [2.75, 3.05) is 13.2 Å². The highest BCUT2D eigenvalue weighted by molar-refractivity contribution is 6.05. The molecule has 0 aromatic rings. The maximum absolute atomic E-state index is 5.96. The summed E-state index contributed by atoms with van der Waals surface area (Å²) < 4.78 is 11.9. The number of aliphatic imine (C=N–C) groups is 2. The monoisotopic (exact) mass is 322 g/mol. The molecule has 4 nitrogen and oxygen atoms in total. The number of nitrogens with zero attached hydrogens (tertiary/aromatic N) is 2. The van der Waals surface area contributed by atoms with Crippen LogP contribution < -0.4 is 0 Å². The molecule has 0 amide bonds. The zero-order chi connectivity index (χ0) is 17.0. The van der Waals surface area contributed by atoms with E-state index >= 15 is 0 Å². The van der Waals surface area contributed by atoms with Crippen molar-refractivity contribution in [2.24, 2.45) is 27.2 Å². The lowest BCUT2D eigenvalue weighted by Gasteiger charge is -2.22. The molecule has 2 aliphatic heterocycles. The van der Waals surface area contributed by atoms with Crippen LogP contribution in [0.1, 0.15) is 67.2 Å². The van der Waals surface area contributed by atoms with E-state index in [2.05, 4.69) is 41.5 Å². The number of hydrogen-bond acceptors (Lipinski definition) is 4. The summed E-state index contributed by atoms with van der Waals surface area (Å²) >= 11 is 0. The fourth-order valence-electron chi connectivity index (χ4n) is 3.70. The van der Waals surface area contributed by atoms with Gasteiger partial charge in [-0.15, -0.1) is 0 Å². The molecule has 0 aromatic carbocycles. The zero-order valence-corrected chi connectivity index (χ0v) is 15.8. The Bertz CT molecular complexity index is 408. The summed E-state index contributed by atoms with van der Waals surface area (Å²) in [5.74, 6) is 2.82. The summed E-state index contributed by atoms with van der Waals surface area (Å²) in [7, 11) is 0. The van der Waals surface area contributed by atoms with E-state index in [1.54, 1.807) is 0 Å². The van der Waals surface area contributed by atoms with Crippen molar-refractivity contribution < 1.29 is 9.47 Å². The minimum Gasteiger partial charge on any atom is -0.478 e. The second kappa shape index (κ2) is 7.67. The molecule has 0 N–H and O–H groups in total. The van der Waals surface area contributed by atoms with Crippen molar-refractivity contribution in [1.29, 1.82) is 0 Å². The molecule has 0 aliphatic carbocycles. The predicted molar refractivity (Wildman–Crippen MR) is 96.3 cm³/mol. The molecule has 23 heavy (non-hydrogen) atoms. The highest BCUT2D eigenvalue weighted by atomic mass is 16.5. The van der Waals surface area contributed by atoms with E-state index in [1.165, 1.54) is 0 Å². The van der Waals surface area contributed by atoms with Crippen LogP contribution in [0, 0.1) is 17.3 Å². The third-order valence-electron chi connectivity index (χ3n) is 5.60. The van der Waals surface area contributed by atoms with Crippen molar-refractivity contribution in [2.45, 2.75) is 79.3 Å². The Morgan fingerprint density at radius 1 is 0.826 bits per heavy atom. The molecule has 4 heteroatoms. The van der Waals surface area contributed by atoms with Crippen molar-refractivity contribution in [3.8, 4) is 0 Å². The number of rotatable bonds is 8. The van der Waals surface area contributed by atoms with E-state index in [1.807, 2.05) is 0 Å². The van der Waals surface area contributed by atoms with E-state index in [4.69, 9.17) is 19.5 Å². The molecular formula is C19H34N2O2. The number of hydrogen-bond donors (Lipinski definition) is 0.